The number of pyridine rings is 1. The molecule has 0 amide bonds. The van der Waals surface area contributed by atoms with Gasteiger partial charge in [0.15, 0.2) is 0 Å². The minimum Gasteiger partial charge on any atom is -0.369 e. The fourth-order valence-corrected chi connectivity index (χ4v) is 2.64. The number of aryl methyl sites for hydroxylation is 1. The van der Waals surface area contributed by atoms with Crippen LogP contribution in [-0.4, -0.2) is 11.5 Å². The summed E-state index contributed by atoms with van der Waals surface area (Å²) in [4.78, 5) is 4.38. The molecule has 1 aromatic heterocycles. The van der Waals surface area contributed by atoms with Crippen molar-refractivity contribution in [2.75, 3.05) is 11.9 Å². The van der Waals surface area contributed by atoms with E-state index in [4.69, 9.17) is 0 Å². The lowest BCUT2D eigenvalue weighted by Gasteiger charge is -2.41. The Labute approximate surface area is 106 Å². The van der Waals surface area contributed by atoms with E-state index in [1.807, 2.05) is 12.3 Å². The third-order valence-corrected chi connectivity index (χ3v) is 4.88. The van der Waals surface area contributed by atoms with Crippen LogP contribution < -0.4 is 5.32 Å². The van der Waals surface area contributed by atoms with Crippen molar-refractivity contribution in [1.29, 1.82) is 0 Å². The Morgan fingerprint density at radius 2 is 2.25 bits per heavy atom. The van der Waals surface area contributed by atoms with Crippen molar-refractivity contribution in [2.45, 2.75) is 39.5 Å². The van der Waals surface area contributed by atoms with Gasteiger partial charge in [-0.15, -0.1) is 0 Å². The predicted molar refractivity (Wildman–Crippen MR) is 71.7 cm³/mol. The normalized spacial score (nSPS) is 17.9. The molecule has 1 saturated carbocycles. The number of rotatable bonds is 4. The molecule has 0 aromatic carbocycles. The maximum absolute atomic E-state index is 4.38. The Hall–Kier alpha value is -0.570. The second kappa shape index (κ2) is 4.74. The van der Waals surface area contributed by atoms with Crippen molar-refractivity contribution in [3.05, 3.63) is 22.3 Å². The summed E-state index contributed by atoms with van der Waals surface area (Å²) in [6.45, 7) is 5.44. The lowest BCUT2D eigenvalue weighted by Crippen LogP contribution is -2.36. The summed E-state index contributed by atoms with van der Waals surface area (Å²) >= 11 is 3.58. The van der Waals surface area contributed by atoms with Gasteiger partial charge in [0.05, 0.1) is 4.47 Å². The van der Waals surface area contributed by atoms with E-state index >= 15 is 0 Å². The predicted octanol–water partition coefficient (Wildman–Crippen LogP) is 4.14. The highest BCUT2D eigenvalue weighted by Crippen LogP contribution is 2.43. The van der Waals surface area contributed by atoms with Gasteiger partial charge in [-0.3, -0.25) is 0 Å². The van der Waals surface area contributed by atoms with Gasteiger partial charge in [0.2, 0.25) is 0 Å². The molecule has 1 aromatic rings. The highest BCUT2D eigenvalue weighted by atomic mass is 79.9. The third kappa shape index (κ3) is 2.24. The molecule has 16 heavy (non-hydrogen) atoms. The van der Waals surface area contributed by atoms with Crippen molar-refractivity contribution in [3.63, 3.8) is 0 Å². The Balaban J connectivity index is 2.02. The Morgan fingerprint density at radius 3 is 2.81 bits per heavy atom. The Morgan fingerprint density at radius 1 is 1.50 bits per heavy atom. The van der Waals surface area contributed by atoms with Crippen LogP contribution >= 0.6 is 15.9 Å². The second-order valence-electron chi connectivity index (χ2n) is 4.85. The first-order chi connectivity index (χ1) is 7.67. The molecule has 0 spiro atoms. The van der Waals surface area contributed by atoms with Crippen LogP contribution in [0, 0.1) is 12.3 Å². The van der Waals surface area contributed by atoms with Gasteiger partial charge in [0.1, 0.15) is 5.82 Å². The minimum absolute atomic E-state index is 0.533. The van der Waals surface area contributed by atoms with Crippen molar-refractivity contribution in [3.8, 4) is 0 Å². The Kier molecular flexibility index (Phi) is 3.53. The molecule has 88 valence electrons. The van der Waals surface area contributed by atoms with Crippen LogP contribution in [-0.2, 0) is 0 Å². The van der Waals surface area contributed by atoms with Crippen molar-refractivity contribution in [1.82, 2.24) is 4.98 Å². The van der Waals surface area contributed by atoms with Crippen molar-refractivity contribution in [2.24, 2.45) is 5.41 Å². The lowest BCUT2D eigenvalue weighted by molar-refractivity contribution is 0.145. The molecule has 0 bridgehead atoms. The molecule has 1 aliphatic carbocycles. The topological polar surface area (TPSA) is 24.9 Å². The fourth-order valence-electron chi connectivity index (χ4n) is 2.27. The number of nitrogens with one attached hydrogen (secondary N) is 1. The molecule has 1 fully saturated rings. The van der Waals surface area contributed by atoms with Crippen molar-refractivity contribution >= 4 is 21.7 Å². The van der Waals surface area contributed by atoms with Crippen LogP contribution in [0.4, 0.5) is 5.82 Å². The van der Waals surface area contributed by atoms with E-state index in [9.17, 15) is 0 Å². The van der Waals surface area contributed by atoms with Gasteiger partial charge in [0, 0.05) is 12.7 Å². The van der Waals surface area contributed by atoms with Crippen LogP contribution in [0.1, 0.15) is 38.2 Å². The number of hydrogen-bond donors (Lipinski definition) is 1. The van der Waals surface area contributed by atoms with Gasteiger partial charge in [-0.1, -0.05) is 13.3 Å². The molecular weight excluding hydrogens is 264 g/mol. The summed E-state index contributed by atoms with van der Waals surface area (Å²) in [5, 5.41) is 3.49. The summed E-state index contributed by atoms with van der Waals surface area (Å²) < 4.78 is 1.10. The molecule has 2 nitrogen and oxygen atoms in total. The molecule has 0 atom stereocenters. The van der Waals surface area contributed by atoms with Crippen LogP contribution in [0.2, 0.25) is 0 Å². The molecule has 0 radical (unpaired) electrons. The summed E-state index contributed by atoms with van der Waals surface area (Å²) in [5.74, 6) is 0.986. The largest absolute Gasteiger partial charge is 0.369 e. The van der Waals surface area contributed by atoms with E-state index in [-0.39, 0.29) is 0 Å². The molecule has 3 heteroatoms. The van der Waals surface area contributed by atoms with Crippen molar-refractivity contribution < 1.29 is 0 Å². The first-order valence-corrected chi connectivity index (χ1v) is 6.81. The molecule has 0 aliphatic heterocycles. The van der Waals surface area contributed by atoms with E-state index in [0.29, 0.717) is 5.41 Å². The zero-order valence-electron chi connectivity index (χ0n) is 10.0. The summed E-state index contributed by atoms with van der Waals surface area (Å²) in [7, 11) is 0. The average Bonchev–Trinajstić information content (AvgIpc) is 2.23. The monoisotopic (exact) mass is 282 g/mol. The SMILES string of the molecule is CCC1(CNc2nccc(C)c2Br)CCC1. The summed E-state index contributed by atoms with van der Waals surface area (Å²) in [6, 6.07) is 2.02. The molecule has 1 aliphatic rings. The van der Waals surface area contributed by atoms with Gasteiger partial charge in [-0.25, -0.2) is 4.98 Å². The molecule has 1 N–H and O–H groups in total. The molecule has 0 unspecified atom stereocenters. The molecule has 1 heterocycles. The van der Waals surface area contributed by atoms with Gasteiger partial charge in [-0.2, -0.15) is 0 Å². The van der Waals surface area contributed by atoms with Crippen LogP contribution in [0.5, 0.6) is 0 Å². The number of nitrogens with zero attached hydrogens (tertiary/aromatic N) is 1. The highest BCUT2D eigenvalue weighted by Gasteiger charge is 2.34. The smallest absolute Gasteiger partial charge is 0.140 e. The van der Waals surface area contributed by atoms with Gasteiger partial charge in [0.25, 0.3) is 0 Å². The molecule has 0 saturated heterocycles. The quantitative estimate of drug-likeness (QED) is 0.898. The first-order valence-electron chi connectivity index (χ1n) is 6.02. The molecule has 2 rings (SSSR count). The van der Waals surface area contributed by atoms with E-state index in [1.54, 1.807) is 0 Å². The maximum Gasteiger partial charge on any atom is 0.140 e. The zero-order valence-corrected chi connectivity index (χ0v) is 11.6. The minimum atomic E-state index is 0.533. The number of anilines is 1. The molecular formula is C13H19BrN2. The van der Waals surface area contributed by atoms with E-state index in [2.05, 4.69) is 40.1 Å². The first kappa shape index (κ1) is 11.9. The standard InChI is InChI=1S/C13H19BrN2/c1-3-13(6-4-7-13)9-16-12-11(14)10(2)5-8-15-12/h5,8H,3-4,6-7,9H2,1-2H3,(H,15,16). The van der Waals surface area contributed by atoms with Gasteiger partial charge < -0.3 is 5.32 Å². The number of aromatic nitrogens is 1. The highest BCUT2D eigenvalue weighted by molar-refractivity contribution is 9.10. The van der Waals surface area contributed by atoms with Crippen LogP contribution in [0.3, 0.4) is 0 Å². The summed E-state index contributed by atoms with van der Waals surface area (Å²) in [5.41, 5.74) is 1.77. The zero-order chi connectivity index (χ0) is 11.6. The van der Waals surface area contributed by atoms with Crippen LogP contribution in [0.15, 0.2) is 16.7 Å². The third-order valence-electron chi connectivity index (χ3n) is 3.88. The van der Waals surface area contributed by atoms with Crippen LogP contribution in [0.25, 0.3) is 0 Å². The maximum atomic E-state index is 4.38. The Bertz CT molecular complexity index is 367. The average molecular weight is 283 g/mol. The number of hydrogen-bond acceptors (Lipinski definition) is 2. The van der Waals surface area contributed by atoms with Gasteiger partial charge >= 0.3 is 0 Å². The van der Waals surface area contributed by atoms with E-state index in [1.165, 1.54) is 31.2 Å². The summed E-state index contributed by atoms with van der Waals surface area (Å²) in [6.07, 6.45) is 7.24. The second-order valence-corrected chi connectivity index (χ2v) is 5.64. The van der Waals surface area contributed by atoms with Gasteiger partial charge in [-0.05, 0) is 59.2 Å². The number of halogens is 1. The van der Waals surface area contributed by atoms with E-state index < -0.39 is 0 Å². The van der Waals surface area contributed by atoms with E-state index in [0.717, 1.165) is 16.8 Å². The lowest BCUT2D eigenvalue weighted by atomic mass is 9.67. The fraction of sp³-hybridized carbons (Fsp3) is 0.615.